The molecule has 2 N–H and O–H groups in total. The van der Waals surface area contributed by atoms with E-state index in [1.54, 1.807) is 12.1 Å². The number of hydrogen-bond donors (Lipinski definition) is 2. The van der Waals surface area contributed by atoms with Crippen molar-refractivity contribution in [1.29, 1.82) is 0 Å². The standard InChI is InChI=1S/C22H23NO5S/c1-2-14-3-5-15(6-4-14)11-20-21(25)17-7-8-19(24)18(22(17)28-20)12-23-16-9-10-29(26,27)13-16/h3-8,11,16,23-24H,2,9-10,12-13H2,1H3/b20-11-/t16-/m1/s1. The van der Waals surface area contributed by atoms with E-state index in [2.05, 4.69) is 12.2 Å². The van der Waals surface area contributed by atoms with Crippen molar-refractivity contribution in [3.63, 3.8) is 0 Å². The van der Waals surface area contributed by atoms with Gasteiger partial charge in [0.05, 0.1) is 22.6 Å². The van der Waals surface area contributed by atoms with Crippen molar-refractivity contribution in [2.75, 3.05) is 11.5 Å². The number of hydrogen-bond acceptors (Lipinski definition) is 6. The summed E-state index contributed by atoms with van der Waals surface area (Å²) in [6.45, 7) is 2.30. The third-order valence-corrected chi connectivity index (χ3v) is 7.17. The lowest BCUT2D eigenvalue weighted by Gasteiger charge is -2.14. The molecule has 2 aromatic rings. The summed E-state index contributed by atoms with van der Waals surface area (Å²) in [6.07, 6.45) is 3.17. The van der Waals surface area contributed by atoms with Gasteiger partial charge in [-0.05, 0) is 42.2 Å². The van der Waals surface area contributed by atoms with Crippen LogP contribution in [0.4, 0.5) is 0 Å². The Labute approximate surface area is 170 Å². The van der Waals surface area contributed by atoms with Crippen LogP contribution in [0.25, 0.3) is 6.08 Å². The van der Waals surface area contributed by atoms with Gasteiger partial charge in [-0.1, -0.05) is 31.2 Å². The summed E-state index contributed by atoms with van der Waals surface area (Å²) in [5.74, 6) is 0.575. The fourth-order valence-corrected chi connectivity index (χ4v) is 5.38. The monoisotopic (exact) mass is 413 g/mol. The highest BCUT2D eigenvalue weighted by atomic mass is 32.2. The second kappa shape index (κ2) is 7.65. The minimum atomic E-state index is -3.00. The number of ketones is 1. The Morgan fingerprint density at radius 1 is 1.21 bits per heavy atom. The molecule has 29 heavy (non-hydrogen) atoms. The number of nitrogens with one attached hydrogen (secondary N) is 1. The number of phenolic OH excluding ortho intramolecular Hbond substituents is 1. The first kappa shape index (κ1) is 19.7. The van der Waals surface area contributed by atoms with Crippen molar-refractivity contribution < 1.29 is 23.1 Å². The predicted molar refractivity (Wildman–Crippen MR) is 111 cm³/mol. The Kier molecular flexibility index (Phi) is 5.19. The van der Waals surface area contributed by atoms with Gasteiger partial charge < -0.3 is 15.2 Å². The van der Waals surface area contributed by atoms with Gasteiger partial charge in [-0.15, -0.1) is 0 Å². The molecule has 6 nitrogen and oxygen atoms in total. The Morgan fingerprint density at radius 2 is 1.97 bits per heavy atom. The number of carbonyl (C=O) groups excluding carboxylic acids is 1. The maximum atomic E-state index is 12.8. The van der Waals surface area contributed by atoms with Gasteiger partial charge in [0.2, 0.25) is 5.78 Å². The van der Waals surface area contributed by atoms with Crippen molar-refractivity contribution in [3.8, 4) is 11.5 Å². The largest absolute Gasteiger partial charge is 0.507 e. The summed E-state index contributed by atoms with van der Waals surface area (Å²) in [7, 11) is -3.00. The number of Topliss-reactive ketones (excluding diaryl/α,β-unsaturated/α-hetero) is 1. The molecule has 7 heteroatoms. The average molecular weight is 413 g/mol. The van der Waals surface area contributed by atoms with Crippen molar-refractivity contribution in [3.05, 3.63) is 64.4 Å². The molecule has 0 bridgehead atoms. The Hall–Kier alpha value is -2.64. The predicted octanol–water partition coefficient (Wildman–Crippen LogP) is 2.85. The number of aromatic hydroxyl groups is 1. The third-order valence-electron chi connectivity index (χ3n) is 5.40. The fraction of sp³-hybridized carbons (Fsp3) is 0.318. The highest BCUT2D eigenvalue weighted by Crippen LogP contribution is 2.39. The quantitative estimate of drug-likeness (QED) is 0.733. The third kappa shape index (κ3) is 4.06. The van der Waals surface area contributed by atoms with E-state index in [9.17, 15) is 18.3 Å². The summed E-state index contributed by atoms with van der Waals surface area (Å²) in [5.41, 5.74) is 2.93. The van der Waals surface area contributed by atoms with E-state index in [1.807, 2.05) is 24.3 Å². The SMILES string of the molecule is CCc1ccc(/C=C2\Oc3c(ccc(O)c3CN[C@@H]3CCS(=O)(=O)C3)C2=O)cc1. The van der Waals surface area contributed by atoms with Crippen molar-refractivity contribution in [1.82, 2.24) is 5.32 Å². The van der Waals surface area contributed by atoms with Gasteiger partial charge in [0.15, 0.2) is 15.6 Å². The summed E-state index contributed by atoms with van der Waals surface area (Å²) in [4.78, 5) is 12.8. The van der Waals surface area contributed by atoms with Crippen LogP contribution in [0, 0.1) is 0 Å². The molecular weight excluding hydrogens is 390 g/mol. The first-order valence-corrected chi connectivity index (χ1v) is 11.5. The van der Waals surface area contributed by atoms with E-state index in [1.165, 1.54) is 11.6 Å². The van der Waals surface area contributed by atoms with E-state index in [0.29, 0.717) is 23.3 Å². The highest BCUT2D eigenvalue weighted by Gasteiger charge is 2.32. The molecule has 4 rings (SSSR count). The van der Waals surface area contributed by atoms with Crippen LogP contribution >= 0.6 is 0 Å². The van der Waals surface area contributed by atoms with Crippen molar-refractivity contribution >= 4 is 21.7 Å². The number of ether oxygens (including phenoxy) is 1. The lowest BCUT2D eigenvalue weighted by atomic mass is 10.0. The molecule has 0 radical (unpaired) electrons. The number of allylic oxidation sites excluding steroid dienone is 1. The molecule has 152 valence electrons. The van der Waals surface area contributed by atoms with Crippen LogP contribution in [0.5, 0.6) is 11.5 Å². The number of phenols is 1. The molecule has 0 spiro atoms. The second-order valence-corrected chi connectivity index (χ2v) is 9.68. The van der Waals surface area contributed by atoms with Gasteiger partial charge in [0.25, 0.3) is 0 Å². The van der Waals surface area contributed by atoms with Crippen LogP contribution in [0.3, 0.4) is 0 Å². The molecule has 0 aliphatic carbocycles. The van der Waals surface area contributed by atoms with E-state index in [-0.39, 0.29) is 41.4 Å². The summed E-state index contributed by atoms with van der Waals surface area (Å²) < 4.78 is 29.1. The first-order chi connectivity index (χ1) is 13.9. The van der Waals surface area contributed by atoms with Gasteiger partial charge in [0, 0.05) is 12.6 Å². The van der Waals surface area contributed by atoms with Crippen LogP contribution in [-0.2, 0) is 22.8 Å². The van der Waals surface area contributed by atoms with Crippen LogP contribution in [0.1, 0.15) is 40.4 Å². The van der Waals surface area contributed by atoms with Gasteiger partial charge >= 0.3 is 0 Å². The Balaban J connectivity index is 1.56. The minimum Gasteiger partial charge on any atom is -0.507 e. The lowest BCUT2D eigenvalue weighted by Crippen LogP contribution is -2.29. The van der Waals surface area contributed by atoms with Gasteiger partial charge in [-0.2, -0.15) is 0 Å². The zero-order valence-corrected chi connectivity index (χ0v) is 17.0. The minimum absolute atomic E-state index is 0.0125. The number of fused-ring (bicyclic) bond motifs is 1. The molecule has 0 unspecified atom stereocenters. The van der Waals surface area contributed by atoms with Gasteiger partial charge in [-0.3, -0.25) is 4.79 Å². The molecule has 0 aromatic heterocycles. The molecule has 2 heterocycles. The van der Waals surface area contributed by atoms with E-state index >= 15 is 0 Å². The normalized spacial score (nSPS) is 21.3. The zero-order valence-electron chi connectivity index (χ0n) is 16.1. The number of sulfone groups is 1. The van der Waals surface area contributed by atoms with E-state index in [0.717, 1.165) is 12.0 Å². The summed E-state index contributed by atoms with van der Waals surface area (Å²) >= 11 is 0. The first-order valence-electron chi connectivity index (χ1n) is 9.68. The highest BCUT2D eigenvalue weighted by molar-refractivity contribution is 7.91. The summed E-state index contributed by atoms with van der Waals surface area (Å²) in [6, 6.07) is 10.8. The molecule has 0 saturated carbocycles. The molecule has 0 amide bonds. The van der Waals surface area contributed by atoms with Crippen LogP contribution in [0.2, 0.25) is 0 Å². The lowest BCUT2D eigenvalue weighted by molar-refractivity contribution is 0.101. The number of benzene rings is 2. The number of carbonyl (C=O) groups is 1. The molecule has 1 fully saturated rings. The molecule has 1 atom stereocenters. The maximum absolute atomic E-state index is 12.8. The Morgan fingerprint density at radius 3 is 2.62 bits per heavy atom. The maximum Gasteiger partial charge on any atom is 0.231 e. The van der Waals surface area contributed by atoms with Crippen molar-refractivity contribution in [2.45, 2.75) is 32.4 Å². The molecule has 1 saturated heterocycles. The van der Waals surface area contributed by atoms with Crippen LogP contribution < -0.4 is 10.1 Å². The van der Waals surface area contributed by atoms with Crippen LogP contribution in [0.15, 0.2) is 42.2 Å². The summed E-state index contributed by atoms with van der Waals surface area (Å²) in [5, 5.41) is 13.5. The van der Waals surface area contributed by atoms with Gasteiger partial charge in [-0.25, -0.2) is 8.42 Å². The number of rotatable bonds is 5. The van der Waals surface area contributed by atoms with Gasteiger partial charge in [0.1, 0.15) is 11.5 Å². The van der Waals surface area contributed by atoms with Crippen molar-refractivity contribution in [2.24, 2.45) is 0 Å². The molecule has 2 aliphatic heterocycles. The van der Waals surface area contributed by atoms with E-state index < -0.39 is 9.84 Å². The molecule has 2 aromatic carbocycles. The van der Waals surface area contributed by atoms with Crippen LogP contribution in [-0.4, -0.2) is 36.9 Å². The zero-order chi connectivity index (χ0) is 20.6. The Bertz CT molecular complexity index is 1090. The fourth-order valence-electron chi connectivity index (χ4n) is 3.67. The second-order valence-electron chi connectivity index (χ2n) is 7.46. The topological polar surface area (TPSA) is 92.7 Å². The number of aryl methyl sites for hydroxylation is 1. The molecule has 2 aliphatic rings. The average Bonchev–Trinajstić information content (AvgIpc) is 3.20. The molecular formula is C22H23NO5S. The van der Waals surface area contributed by atoms with E-state index in [4.69, 9.17) is 4.74 Å². The smallest absolute Gasteiger partial charge is 0.231 e.